The van der Waals surface area contributed by atoms with E-state index < -0.39 is 0 Å². The molecule has 12 heavy (non-hydrogen) atoms. The van der Waals surface area contributed by atoms with Crippen LogP contribution in [0, 0.1) is 18.5 Å². The van der Waals surface area contributed by atoms with Gasteiger partial charge in [0.1, 0.15) is 11.0 Å². The van der Waals surface area contributed by atoms with Crippen LogP contribution in [0.3, 0.4) is 0 Å². The number of H-pyrrole nitrogens is 1. The standard InChI is InChI=1S/C7H8N4S/c1-4-5(2)10-7-8-3-9-11(7)6(4)12/h3H,1-2H3,(H,8,9,10). The molecule has 2 aromatic heterocycles. The van der Waals surface area contributed by atoms with Crippen LogP contribution in [-0.4, -0.2) is 19.6 Å². The Morgan fingerprint density at radius 3 is 3.00 bits per heavy atom. The Morgan fingerprint density at radius 1 is 1.50 bits per heavy atom. The maximum Gasteiger partial charge on any atom is 0.251 e. The second kappa shape index (κ2) is 2.38. The Hall–Kier alpha value is -1.23. The molecule has 2 rings (SSSR count). The highest BCUT2D eigenvalue weighted by Gasteiger charge is 2.02. The quantitative estimate of drug-likeness (QED) is 0.623. The van der Waals surface area contributed by atoms with Crippen molar-refractivity contribution in [3.8, 4) is 0 Å². The minimum atomic E-state index is 0.628. The van der Waals surface area contributed by atoms with Gasteiger partial charge < -0.3 is 0 Å². The van der Waals surface area contributed by atoms with E-state index in [-0.39, 0.29) is 0 Å². The van der Waals surface area contributed by atoms with Crippen LogP contribution >= 0.6 is 12.2 Å². The molecule has 0 amide bonds. The molecule has 5 heteroatoms. The zero-order valence-electron chi connectivity index (χ0n) is 6.83. The first kappa shape index (κ1) is 7.42. The van der Waals surface area contributed by atoms with Crippen LogP contribution < -0.4 is 0 Å². The Balaban J connectivity index is 3.05. The first-order valence-corrected chi connectivity index (χ1v) is 4.00. The molecular formula is C7H8N4S. The smallest absolute Gasteiger partial charge is 0.251 e. The average Bonchev–Trinajstić information content (AvgIpc) is 2.48. The van der Waals surface area contributed by atoms with Crippen molar-refractivity contribution in [2.45, 2.75) is 13.8 Å². The molecule has 0 aromatic carbocycles. The van der Waals surface area contributed by atoms with Gasteiger partial charge in [0.05, 0.1) is 0 Å². The third kappa shape index (κ3) is 0.863. The molecule has 0 aliphatic carbocycles. The van der Waals surface area contributed by atoms with E-state index in [1.54, 1.807) is 10.8 Å². The maximum atomic E-state index is 5.19. The van der Waals surface area contributed by atoms with Gasteiger partial charge in [-0.15, -0.1) is 0 Å². The van der Waals surface area contributed by atoms with E-state index in [1.807, 2.05) is 13.8 Å². The highest BCUT2D eigenvalue weighted by Crippen LogP contribution is 2.06. The number of hydrogen-bond donors (Lipinski definition) is 1. The molecule has 62 valence electrons. The van der Waals surface area contributed by atoms with E-state index in [0.717, 1.165) is 15.9 Å². The van der Waals surface area contributed by atoms with E-state index in [2.05, 4.69) is 15.1 Å². The topological polar surface area (TPSA) is 46.0 Å². The van der Waals surface area contributed by atoms with Crippen LogP contribution in [0.4, 0.5) is 0 Å². The molecule has 0 bridgehead atoms. The fourth-order valence-corrected chi connectivity index (χ4v) is 1.33. The summed E-state index contributed by atoms with van der Waals surface area (Å²) in [6.45, 7) is 3.89. The van der Waals surface area contributed by atoms with Crippen LogP contribution in [0.15, 0.2) is 6.33 Å². The fraction of sp³-hybridized carbons (Fsp3) is 0.286. The lowest BCUT2D eigenvalue weighted by Crippen LogP contribution is -1.98. The van der Waals surface area contributed by atoms with Gasteiger partial charge in [-0.25, -0.2) is 14.5 Å². The molecule has 0 spiro atoms. The molecule has 0 saturated heterocycles. The Bertz CT molecular complexity index is 482. The second-order valence-corrected chi connectivity index (χ2v) is 3.04. The van der Waals surface area contributed by atoms with E-state index in [4.69, 9.17) is 12.2 Å². The zero-order valence-corrected chi connectivity index (χ0v) is 7.64. The number of hydrogen-bond acceptors (Lipinski definition) is 3. The van der Waals surface area contributed by atoms with Crippen molar-refractivity contribution in [3.05, 3.63) is 22.2 Å². The van der Waals surface area contributed by atoms with Crippen LogP contribution in [0.2, 0.25) is 0 Å². The van der Waals surface area contributed by atoms with Crippen molar-refractivity contribution in [2.75, 3.05) is 0 Å². The summed E-state index contributed by atoms with van der Waals surface area (Å²) in [6, 6.07) is 0. The van der Waals surface area contributed by atoms with Crippen LogP contribution in [0.1, 0.15) is 11.3 Å². The number of aryl methyl sites for hydroxylation is 1. The number of nitrogens with zero attached hydrogens (tertiary/aromatic N) is 3. The summed E-state index contributed by atoms with van der Waals surface area (Å²) in [7, 11) is 0. The summed E-state index contributed by atoms with van der Waals surface area (Å²) in [5, 5.41) is 2.89. The zero-order chi connectivity index (χ0) is 8.72. The lowest BCUT2D eigenvalue weighted by atomic mass is 10.3. The molecule has 1 N–H and O–H groups in total. The van der Waals surface area contributed by atoms with Gasteiger partial charge in [-0.2, -0.15) is 0 Å². The first-order valence-electron chi connectivity index (χ1n) is 3.59. The lowest BCUT2D eigenvalue weighted by Gasteiger charge is -1.99. The number of fused-ring (bicyclic) bond motifs is 1. The maximum absolute atomic E-state index is 5.19. The molecular weight excluding hydrogens is 172 g/mol. The van der Waals surface area contributed by atoms with Gasteiger partial charge in [0.25, 0.3) is 5.78 Å². The lowest BCUT2D eigenvalue weighted by molar-refractivity contribution is 0.899. The molecule has 4 nitrogen and oxygen atoms in total. The molecule has 0 aliphatic rings. The van der Waals surface area contributed by atoms with Crippen molar-refractivity contribution in [2.24, 2.45) is 0 Å². The van der Waals surface area contributed by atoms with Gasteiger partial charge in [0.15, 0.2) is 0 Å². The predicted octanol–water partition coefficient (Wildman–Crippen LogP) is 1.40. The predicted molar refractivity (Wildman–Crippen MR) is 47.6 cm³/mol. The fourth-order valence-electron chi connectivity index (χ4n) is 1.04. The minimum absolute atomic E-state index is 0.628. The molecule has 0 radical (unpaired) electrons. The normalized spacial score (nSPS) is 10.8. The first-order chi connectivity index (χ1) is 5.70. The molecule has 2 aromatic rings. The third-order valence-corrected chi connectivity index (χ3v) is 2.39. The van der Waals surface area contributed by atoms with Crippen LogP contribution in [0.25, 0.3) is 5.78 Å². The number of aromatic amines is 1. The van der Waals surface area contributed by atoms with Crippen molar-refractivity contribution >= 4 is 18.0 Å². The summed E-state index contributed by atoms with van der Waals surface area (Å²) in [4.78, 5) is 8.26. The van der Waals surface area contributed by atoms with Gasteiger partial charge in [0.2, 0.25) is 0 Å². The molecule has 0 aliphatic heterocycles. The van der Waals surface area contributed by atoms with Crippen molar-refractivity contribution in [3.63, 3.8) is 0 Å². The van der Waals surface area contributed by atoms with Crippen LogP contribution in [0.5, 0.6) is 0 Å². The summed E-state index contributed by atoms with van der Waals surface area (Å²) in [5.74, 6) is 0.628. The molecule has 0 atom stereocenters. The van der Waals surface area contributed by atoms with Gasteiger partial charge in [-0.05, 0) is 13.8 Å². The molecule has 0 saturated carbocycles. The largest absolute Gasteiger partial charge is 0.280 e. The Labute approximate surface area is 74.3 Å². The average molecular weight is 180 g/mol. The van der Waals surface area contributed by atoms with Gasteiger partial charge >= 0.3 is 0 Å². The van der Waals surface area contributed by atoms with E-state index in [9.17, 15) is 0 Å². The van der Waals surface area contributed by atoms with Gasteiger partial charge in [-0.1, -0.05) is 12.2 Å². The third-order valence-electron chi connectivity index (χ3n) is 1.90. The summed E-state index contributed by atoms with van der Waals surface area (Å²) in [6.07, 6.45) is 1.58. The minimum Gasteiger partial charge on any atom is -0.280 e. The Kier molecular flexibility index (Phi) is 1.47. The van der Waals surface area contributed by atoms with Crippen molar-refractivity contribution in [1.82, 2.24) is 19.6 Å². The van der Waals surface area contributed by atoms with E-state index in [0.29, 0.717) is 5.78 Å². The van der Waals surface area contributed by atoms with Crippen LogP contribution in [-0.2, 0) is 0 Å². The number of aromatic nitrogens is 4. The van der Waals surface area contributed by atoms with Crippen molar-refractivity contribution < 1.29 is 0 Å². The van der Waals surface area contributed by atoms with Gasteiger partial charge in [0, 0.05) is 11.3 Å². The highest BCUT2D eigenvalue weighted by molar-refractivity contribution is 7.71. The monoisotopic (exact) mass is 180 g/mol. The van der Waals surface area contributed by atoms with Crippen molar-refractivity contribution in [1.29, 1.82) is 0 Å². The Morgan fingerprint density at radius 2 is 2.25 bits per heavy atom. The molecule has 0 unspecified atom stereocenters. The second-order valence-electron chi connectivity index (χ2n) is 2.65. The highest BCUT2D eigenvalue weighted by atomic mass is 32.1. The SMILES string of the molecule is Cc1nc2nc[nH]n2c(=S)c1C. The summed E-state index contributed by atoms with van der Waals surface area (Å²) in [5.41, 5.74) is 1.96. The number of rotatable bonds is 0. The molecule has 2 heterocycles. The van der Waals surface area contributed by atoms with E-state index >= 15 is 0 Å². The molecule has 0 fully saturated rings. The number of nitrogens with one attached hydrogen (secondary N) is 1. The van der Waals surface area contributed by atoms with E-state index in [1.165, 1.54) is 0 Å². The van der Waals surface area contributed by atoms with Gasteiger partial charge in [-0.3, -0.25) is 5.10 Å². The summed E-state index contributed by atoms with van der Waals surface area (Å²) >= 11 is 5.19. The summed E-state index contributed by atoms with van der Waals surface area (Å²) < 4.78 is 2.44.